The molecule has 2 aliphatic rings. The van der Waals surface area contributed by atoms with Crippen molar-refractivity contribution in [2.45, 2.75) is 56.5 Å². The van der Waals surface area contributed by atoms with E-state index in [2.05, 4.69) is 26.3 Å². The summed E-state index contributed by atoms with van der Waals surface area (Å²) in [5, 5.41) is 15.2. The zero-order valence-electron chi connectivity index (χ0n) is 14.6. The molecule has 2 atom stereocenters. The lowest BCUT2D eigenvalue weighted by atomic mass is 10.00. The van der Waals surface area contributed by atoms with E-state index in [1.807, 2.05) is 0 Å². The van der Waals surface area contributed by atoms with Crippen molar-refractivity contribution < 1.29 is 19.1 Å². The molecular weight excluding hydrogens is 362 g/mol. The molecule has 4 amide bonds. The number of carbonyl (C=O) groups is 3. The number of rotatable bonds is 7. The number of nitrogens with one attached hydrogen (secondary N) is 2. The van der Waals surface area contributed by atoms with Gasteiger partial charge in [-0.25, -0.2) is 9.48 Å². The van der Waals surface area contributed by atoms with Crippen molar-refractivity contribution in [3.8, 4) is 0 Å². The van der Waals surface area contributed by atoms with Gasteiger partial charge < -0.3 is 10.1 Å². The van der Waals surface area contributed by atoms with Crippen molar-refractivity contribution in [2.24, 2.45) is 0 Å². The van der Waals surface area contributed by atoms with E-state index in [0.29, 0.717) is 18.1 Å². The molecule has 0 bridgehead atoms. The van der Waals surface area contributed by atoms with E-state index in [1.165, 1.54) is 0 Å². The maximum atomic E-state index is 12.3. The van der Waals surface area contributed by atoms with Crippen LogP contribution < -0.4 is 10.7 Å². The number of tetrazole rings is 1. The van der Waals surface area contributed by atoms with Crippen molar-refractivity contribution in [1.29, 1.82) is 0 Å². The molecule has 2 N–H and O–H groups in total. The number of carbonyl (C=O) groups excluding carboxylic acids is 3. The molecule has 11 nitrogen and oxygen atoms in total. The van der Waals surface area contributed by atoms with Gasteiger partial charge in [0.1, 0.15) is 5.54 Å². The van der Waals surface area contributed by atoms with Crippen molar-refractivity contribution in [3.63, 3.8) is 0 Å². The van der Waals surface area contributed by atoms with E-state index in [0.717, 1.165) is 36.2 Å². The smallest absolute Gasteiger partial charge is 0.344 e. The van der Waals surface area contributed by atoms with Crippen LogP contribution in [0.2, 0.25) is 0 Å². The van der Waals surface area contributed by atoms with E-state index < -0.39 is 23.4 Å². The Hall–Kier alpha value is -2.21. The molecule has 26 heavy (non-hydrogen) atoms. The second-order valence-corrected chi connectivity index (χ2v) is 7.30. The molecule has 3 rings (SSSR count). The molecule has 12 heteroatoms. The highest BCUT2D eigenvalue weighted by atomic mass is 32.2. The molecule has 0 radical (unpaired) electrons. The van der Waals surface area contributed by atoms with Gasteiger partial charge in [-0.3, -0.25) is 15.0 Å². The summed E-state index contributed by atoms with van der Waals surface area (Å²) in [6, 6.07) is -0.638. The number of thioether (sulfide) groups is 1. The number of hydrogen-bond acceptors (Lipinski definition) is 8. The van der Waals surface area contributed by atoms with Crippen molar-refractivity contribution in [3.05, 3.63) is 0 Å². The molecular formula is C14H21N7O4S. The number of imide groups is 1. The molecule has 0 saturated carbocycles. The number of ether oxygens (including phenoxy) is 1. The summed E-state index contributed by atoms with van der Waals surface area (Å²) >= 11 is 1.13. The van der Waals surface area contributed by atoms with Gasteiger partial charge in [-0.2, -0.15) is 5.01 Å². The first-order valence-corrected chi connectivity index (χ1v) is 9.38. The van der Waals surface area contributed by atoms with Crippen LogP contribution >= 0.6 is 11.8 Å². The van der Waals surface area contributed by atoms with Crippen LogP contribution in [-0.2, 0) is 20.9 Å². The largest absolute Gasteiger partial charge is 0.376 e. The monoisotopic (exact) mass is 383 g/mol. The Kier molecular flexibility index (Phi) is 5.41. The van der Waals surface area contributed by atoms with Gasteiger partial charge in [0, 0.05) is 6.61 Å². The molecule has 0 spiro atoms. The highest BCUT2D eigenvalue weighted by molar-refractivity contribution is 7.99. The van der Waals surface area contributed by atoms with E-state index in [-0.39, 0.29) is 11.9 Å². The maximum absolute atomic E-state index is 12.3. The molecule has 142 valence electrons. The lowest BCUT2D eigenvalue weighted by Crippen LogP contribution is -2.49. The van der Waals surface area contributed by atoms with E-state index in [1.54, 1.807) is 18.5 Å². The number of urea groups is 1. The fourth-order valence-electron chi connectivity index (χ4n) is 2.71. The second-order valence-electron chi connectivity index (χ2n) is 6.36. The normalized spacial score (nSPS) is 25.6. The zero-order valence-corrected chi connectivity index (χ0v) is 15.4. The first-order chi connectivity index (χ1) is 12.4. The summed E-state index contributed by atoms with van der Waals surface area (Å²) in [5.74, 6) is -1.01. The van der Waals surface area contributed by atoms with Gasteiger partial charge in [0.05, 0.1) is 18.4 Å². The van der Waals surface area contributed by atoms with Crippen molar-refractivity contribution in [1.82, 2.24) is 36.0 Å². The predicted octanol–water partition coefficient (Wildman–Crippen LogP) is -0.304. The first kappa shape index (κ1) is 18.6. The van der Waals surface area contributed by atoms with Crippen LogP contribution in [0.25, 0.3) is 0 Å². The van der Waals surface area contributed by atoms with Gasteiger partial charge in [0.2, 0.25) is 11.1 Å². The van der Waals surface area contributed by atoms with Gasteiger partial charge >= 0.3 is 6.03 Å². The van der Waals surface area contributed by atoms with Crippen LogP contribution in [0.5, 0.6) is 0 Å². The molecule has 0 aliphatic carbocycles. The summed E-state index contributed by atoms with van der Waals surface area (Å²) < 4.78 is 7.15. The first-order valence-electron chi connectivity index (χ1n) is 8.39. The SMILES string of the molecule is CC[C@@]1(C)NC(=O)N(NC(=O)CSc2nnnn2C[C@@H]2CCCO2)C1=O. The third-order valence-electron chi connectivity index (χ3n) is 4.44. The third kappa shape index (κ3) is 3.80. The number of amides is 4. The van der Waals surface area contributed by atoms with E-state index >= 15 is 0 Å². The standard InChI is InChI=1S/C14H21N7O4S/c1-3-14(2)11(23)21(12(24)15-14)17-10(22)8-26-13-16-18-19-20(13)7-9-5-4-6-25-9/h9H,3-8H2,1-2H3,(H,15,24)(H,17,22)/t9-,14+/m0/s1. The van der Waals surface area contributed by atoms with Crippen LogP contribution in [0.4, 0.5) is 4.79 Å². The molecule has 2 saturated heterocycles. The topological polar surface area (TPSA) is 131 Å². The Balaban J connectivity index is 1.53. The second kappa shape index (κ2) is 7.58. The zero-order chi connectivity index (χ0) is 18.7. The third-order valence-corrected chi connectivity index (χ3v) is 5.39. The summed E-state index contributed by atoms with van der Waals surface area (Å²) in [4.78, 5) is 36.3. The molecule has 2 aliphatic heterocycles. The maximum Gasteiger partial charge on any atom is 0.344 e. The van der Waals surface area contributed by atoms with Gasteiger partial charge in [-0.1, -0.05) is 18.7 Å². The number of nitrogens with zero attached hydrogens (tertiary/aromatic N) is 5. The van der Waals surface area contributed by atoms with Gasteiger partial charge in [-0.15, -0.1) is 5.10 Å². The van der Waals surface area contributed by atoms with Crippen LogP contribution in [-0.4, -0.2) is 67.1 Å². The Labute approximate surface area is 154 Å². The number of hydrogen-bond donors (Lipinski definition) is 2. The van der Waals surface area contributed by atoms with E-state index in [9.17, 15) is 14.4 Å². The highest BCUT2D eigenvalue weighted by Gasteiger charge is 2.47. The summed E-state index contributed by atoms with van der Waals surface area (Å²) in [6.07, 6.45) is 2.47. The Bertz CT molecular complexity index is 705. The molecule has 0 aromatic carbocycles. The predicted molar refractivity (Wildman–Crippen MR) is 89.7 cm³/mol. The van der Waals surface area contributed by atoms with Crippen molar-refractivity contribution in [2.75, 3.05) is 12.4 Å². The lowest BCUT2D eigenvalue weighted by Gasteiger charge is -2.19. The molecule has 1 aromatic heterocycles. The lowest BCUT2D eigenvalue weighted by molar-refractivity contribution is -0.137. The van der Waals surface area contributed by atoms with Gasteiger partial charge in [-0.05, 0) is 36.6 Å². The average molecular weight is 383 g/mol. The van der Waals surface area contributed by atoms with Crippen LogP contribution in [0, 0.1) is 0 Å². The van der Waals surface area contributed by atoms with Crippen LogP contribution in [0.1, 0.15) is 33.1 Å². The quantitative estimate of drug-likeness (QED) is 0.484. The number of hydrazine groups is 1. The fourth-order valence-corrected chi connectivity index (χ4v) is 3.39. The van der Waals surface area contributed by atoms with Gasteiger partial charge in [0.15, 0.2) is 0 Å². The minimum atomic E-state index is -0.997. The Morgan fingerprint density at radius 2 is 2.31 bits per heavy atom. The Morgan fingerprint density at radius 3 is 2.96 bits per heavy atom. The summed E-state index contributed by atoms with van der Waals surface area (Å²) in [6.45, 7) is 4.67. The summed E-state index contributed by atoms with van der Waals surface area (Å²) in [7, 11) is 0. The van der Waals surface area contributed by atoms with Gasteiger partial charge in [0.25, 0.3) is 5.91 Å². The summed E-state index contributed by atoms with van der Waals surface area (Å²) in [5.41, 5.74) is 1.34. The molecule has 2 fully saturated rings. The molecule has 3 heterocycles. The average Bonchev–Trinajstić information content (AvgIpc) is 3.32. The van der Waals surface area contributed by atoms with Crippen molar-refractivity contribution >= 4 is 29.6 Å². The van der Waals surface area contributed by atoms with Crippen LogP contribution in [0.3, 0.4) is 0 Å². The fraction of sp³-hybridized carbons (Fsp3) is 0.714. The highest BCUT2D eigenvalue weighted by Crippen LogP contribution is 2.20. The Morgan fingerprint density at radius 1 is 1.50 bits per heavy atom. The van der Waals surface area contributed by atoms with Crippen LogP contribution in [0.15, 0.2) is 5.16 Å². The molecule has 1 aromatic rings. The van der Waals surface area contributed by atoms with E-state index in [4.69, 9.17) is 4.74 Å². The minimum absolute atomic E-state index is 0.0359. The minimum Gasteiger partial charge on any atom is -0.376 e. The number of aromatic nitrogens is 4. The molecule has 0 unspecified atom stereocenters.